The first kappa shape index (κ1) is 17.9. The van der Waals surface area contributed by atoms with Crippen molar-refractivity contribution in [1.82, 2.24) is 9.21 Å². The lowest BCUT2D eigenvalue weighted by Crippen LogP contribution is -2.47. The van der Waals surface area contributed by atoms with Gasteiger partial charge >= 0.3 is 0 Å². The van der Waals surface area contributed by atoms with Gasteiger partial charge in [0.2, 0.25) is 15.9 Å². The number of nitrogens with zero attached hydrogens (tertiary/aromatic N) is 2. The normalized spacial score (nSPS) is 17.7. The molecule has 0 radical (unpaired) electrons. The molecule has 0 aromatic heterocycles. The molecule has 0 saturated carbocycles. The molecule has 0 unspecified atom stereocenters. The minimum Gasteiger partial charge on any atom is -0.379 e. The van der Waals surface area contributed by atoms with Crippen LogP contribution in [0.15, 0.2) is 30.3 Å². The second-order valence-electron chi connectivity index (χ2n) is 5.36. The molecular formula is C16H24N2O4S. The number of hydrogen-bond donors (Lipinski definition) is 0. The van der Waals surface area contributed by atoms with Crippen LogP contribution >= 0.6 is 0 Å². The third-order valence-electron chi connectivity index (χ3n) is 4.03. The Labute approximate surface area is 138 Å². The molecule has 128 valence electrons. The van der Waals surface area contributed by atoms with Gasteiger partial charge < -0.3 is 9.64 Å². The summed E-state index contributed by atoms with van der Waals surface area (Å²) >= 11 is 0. The number of carbonyl (C=O) groups excluding carboxylic acids is 1. The molecule has 0 N–H and O–H groups in total. The van der Waals surface area contributed by atoms with Crippen LogP contribution in [0.25, 0.3) is 0 Å². The monoisotopic (exact) mass is 340 g/mol. The average molecular weight is 340 g/mol. The van der Waals surface area contributed by atoms with Gasteiger partial charge in [0, 0.05) is 26.2 Å². The second-order valence-corrected chi connectivity index (χ2v) is 7.38. The van der Waals surface area contributed by atoms with Crippen molar-refractivity contribution >= 4 is 15.9 Å². The van der Waals surface area contributed by atoms with Gasteiger partial charge in [-0.1, -0.05) is 30.3 Å². The van der Waals surface area contributed by atoms with E-state index in [1.807, 2.05) is 19.9 Å². The summed E-state index contributed by atoms with van der Waals surface area (Å²) < 4.78 is 32.8. The maximum atomic E-state index is 13.1. The number of carbonyl (C=O) groups is 1. The molecule has 1 saturated heterocycles. The molecule has 1 heterocycles. The number of likely N-dealkylation sites (N-methyl/N-ethyl adjacent to an activating group) is 1. The van der Waals surface area contributed by atoms with E-state index in [9.17, 15) is 13.2 Å². The van der Waals surface area contributed by atoms with Gasteiger partial charge in [-0.15, -0.1) is 0 Å². The summed E-state index contributed by atoms with van der Waals surface area (Å²) in [7, 11) is -3.78. The fraction of sp³-hybridized carbons (Fsp3) is 0.562. The number of sulfonamides is 1. The SMILES string of the molecule is CCN(CC)C(=O)[C@H](c1ccccc1)S(=O)(=O)N1CCOCC1. The van der Waals surface area contributed by atoms with Gasteiger partial charge in [-0.3, -0.25) is 4.79 Å². The van der Waals surface area contributed by atoms with E-state index in [0.717, 1.165) is 0 Å². The van der Waals surface area contributed by atoms with E-state index in [-0.39, 0.29) is 19.0 Å². The third-order valence-corrected chi connectivity index (χ3v) is 6.18. The molecule has 0 aliphatic carbocycles. The molecule has 1 aliphatic heterocycles. The van der Waals surface area contributed by atoms with E-state index in [0.29, 0.717) is 31.9 Å². The summed E-state index contributed by atoms with van der Waals surface area (Å²) in [5.41, 5.74) is 0.510. The molecule has 1 aromatic carbocycles. The summed E-state index contributed by atoms with van der Waals surface area (Å²) in [6.07, 6.45) is 0. The molecule has 0 spiro atoms. The summed E-state index contributed by atoms with van der Waals surface area (Å²) in [5.74, 6) is -0.368. The van der Waals surface area contributed by atoms with Gasteiger partial charge in [-0.2, -0.15) is 4.31 Å². The molecule has 23 heavy (non-hydrogen) atoms. The van der Waals surface area contributed by atoms with Crippen molar-refractivity contribution < 1.29 is 17.9 Å². The van der Waals surface area contributed by atoms with Crippen LogP contribution in [0, 0.1) is 0 Å². The fourth-order valence-electron chi connectivity index (χ4n) is 2.72. The van der Waals surface area contributed by atoms with E-state index in [1.54, 1.807) is 29.2 Å². The first-order valence-electron chi connectivity index (χ1n) is 7.92. The Morgan fingerprint density at radius 2 is 1.74 bits per heavy atom. The molecule has 7 heteroatoms. The Balaban J connectivity index is 2.42. The molecule has 1 fully saturated rings. The van der Waals surface area contributed by atoms with Crippen molar-refractivity contribution in [2.45, 2.75) is 19.1 Å². The van der Waals surface area contributed by atoms with Crippen molar-refractivity contribution in [1.29, 1.82) is 0 Å². The second kappa shape index (κ2) is 7.90. The van der Waals surface area contributed by atoms with Crippen LogP contribution in [0.2, 0.25) is 0 Å². The first-order chi connectivity index (χ1) is 11.0. The molecule has 0 bridgehead atoms. The molecule has 1 aromatic rings. The molecule has 6 nitrogen and oxygen atoms in total. The van der Waals surface area contributed by atoms with Crippen LogP contribution in [0.5, 0.6) is 0 Å². The van der Waals surface area contributed by atoms with E-state index in [2.05, 4.69) is 0 Å². The Morgan fingerprint density at radius 3 is 2.26 bits per heavy atom. The van der Waals surface area contributed by atoms with Crippen LogP contribution in [-0.2, 0) is 19.6 Å². The highest BCUT2D eigenvalue weighted by Crippen LogP contribution is 2.28. The Bertz CT molecular complexity index is 608. The Kier molecular flexibility index (Phi) is 6.15. The molecule has 2 rings (SSSR count). The fourth-order valence-corrected chi connectivity index (χ4v) is 4.58. The van der Waals surface area contributed by atoms with Gasteiger partial charge in [0.05, 0.1) is 13.2 Å². The lowest BCUT2D eigenvalue weighted by molar-refractivity contribution is -0.130. The first-order valence-corrected chi connectivity index (χ1v) is 9.43. The topological polar surface area (TPSA) is 66.9 Å². The van der Waals surface area contributed by atoms with Crippen molar-refractivity contribution in [2.24, 2.45) is 0 Å². The van der Waals surface area contributed by atoms with Crippen molar-refractivity contribution in [2.75, 3.05) is 39.4 Å². The molecular weight excluding hydrogens is 316 g/mol. The van der Waals surface area contributed by atoms with E-state index < -0.39 is 15.3 Å². The van der Waals surface area contributed by atoms with E-state index in [4.69, 9.17) is 4.74 Å². The van der Waals surface area contributed by atoms with Crippen LogP contribution in [-0.4, -0.2) is 62.9 Å². The van der Waals surface area contributed by atoms with Crippen LogP contribution < -0.4 is 0 Å². The summed E-state index contributed by atoms with van der Waals surface area (Å²) in [6, 6.07) is 8.72. The highest BCUT2D eigenvalue weighted by atomic mass is 32.2. The molecule has 1 atom stereocenters. The number of hydrogen-bond acceptors (Lipinski definition) is 4. The smallest absolute Gasteiger partial charge is 0.246 e. The molecule has 1 amide bonds. The van der Waals surface area contributed by atoms with E-state index in [1.165, 1.54) is 4.31 Å². The quantitative estimate of drug-likeness (QED) is 0.782. The van der Waals surface area contributed by atoms with Gasteiger partial charge in [-0.05, 0) is 19.4 Å². The van der Waals surface area contributed by atoms with Gasteiger partial charge in [0.1, 0.15) is 0 Å². The predicted octanol–water partition coefficient (Wildman–Crippen LogP) is 1.26. The van der Waals surface area contributed by atoms with Crippen molar-refractivity contribution in [3.05, 3.63) is 35.9 Å². The van der Waals surface area contributed by atoms with Crippen molar-refractivity contribution in [3.63, 3.8) is 0 Å². The largest absolute Gasteiger partial charge is 0.379 e. The highest BCUT2D eigenvalue weighted by molar-refractivity contribution is 7.90. The Hall–Kier alpha value is -1.44. The van der Waals surface area contributed by atoms with Gasteiger partial charge in [0.15, 0.2) is 5.25 Å². The standard InChI is InChI=1S/C16H24N2O4S/c1-3-17(4-2)16(19)15(14-8-6-5-7-9-14)23(20,21)18-10-12-22-13-11-18/h5-9,15H,3-4,10-13H2,1-2H3/t15-/m0/s1. The van der Waals surface area contributed by atoms with Crippen molar-refractivity contribution in [3.8, 4) is 0 Å². The zero-order chi connectivity index (χ0) is 16.9. The summed E-state index contributed by atoms with van der Waals surface area (Å²) in [4.78, 5) is 14.4. The maximum Gasteiger partial charge on any atom is 0.246 e. The zero-order valence-corrected chi connectivity index (χ0v) is 14.5. The third kappa shape index (κ3) is 3.91. The summed E-state index contributed by atoms with van der Waals surface area (Å²) in [6.45, 7) is 5.97. The lowest BCUT2D eigenvalue weighted by Gasteiger charge is -2.32. The minimum atomic E-state index is -3.78. The van der Waals surface area contributed by atoms with Crippen LogP contribution in [0.4, 0.5) is 0 Å². The average Bonchev–Trinajstić information content (AvgIpc) is 2.58. The van der Waals surface area contributed by atoms with Gasteiger partial charge in [0.25, 0.3) is 0 Å². The predicted molar refractivity (Wildman–Crippen MR) is 88.4 cm³/mol. The van der Waals surface area contributed by atoms with Crippen LogP contribution in [0.3, 0.4) is 0 Å². The number of morpholine rings is 1. The summed E-state index contributed by atoms with van der Waals surface area (Å²) in [5, 5.41) is -1.19. The van der Waals surface area contributed by atoms with E-state index >= 15 is 0 Å². The lowest BCUT2D eigenvalue weighted by atomic mass is 10.1. The number of amides is 1. The van der Waals surface area contributed by atoms with Crippen LogP contribution in [0.1, 0.15) is 24.7 Å². The highest BCUT2D eigenvalue weighted by Gasteiger charge is 2.40. The minimum absolute atomic E-state index is 0.289. The number of rotatable bonds is 6. The zero-order valence-electron chi connectivity index (χ0n) is 13.6. The molecule has 1 aliphatic rings. The maximum absolute atomic E-state index is 13.1. The Morgan fingerprint density at radius 1 is 1.17 bits per heavy atom. The number of benzene rings is 1. The van der Waals surface area contributed by atoms with Gasteiger partial charge in [-0.25, -0.2) is 8.42 Å². The number of ether oxygens (including phenoxy) is 1.